The van der Waals surface area contributed by atoms with Gasteiger partial charge in [0.1, 0.15) is 41.4 Å². The van der Waals surface area contributed by atoms with Crippen LogP contribution in [0.15, 0.2) is 48.0 Å². The average molecular weight is 463 g/mol. The van der Waals surface area contributed by atoms with Crippen molar-refractivity contribution in [2.75, 3.05) is 18.5 Å². The van der Waals surface area contributed by atoms with Gasteiger partial charge >= 0.3 is 0 Å². The van der Waals surface area contributed by atoms with Gasteiger partial charge in [0.2, 0.25) is 5.13 Å². The molecule has 0 atom stereocenters. The maximum atomic E-state index is 12.4. The van der Waals surface area contributed by atoms with E-state index in [0.717, 1.165) is 21.9 Å². The Balaban J connectivity index is 1.54. The summed E-state index contributed by atoms with van der Waals surface area (Å²) in [6.45, 7) is 8.85. The number of aryl methyl sites for hydroxylation is 2. The van der Waals surface area contributed by atoms with Crippen LogP contribution >= 0.6 is 11.3 Å². The number of ether oxygens (including phenoxy) is 2. The molecule has 7 nitrogen and oxygen atoms in total. The number of carbonyl (C=O) groups is 1. The van der Waals surface area contributed by atoms with Crippen LogP contribution < -0.4 is 14.8 Å². The lowest BCUT2D eigenvalue weighted by Gasteiger charge is -2.12. The smallest absolute Gasteiger partial charge is 0.268 e. The maximum absolute atomic E-state index is 12.4. The molecule has 1 amide bonds. The first kappa shape index (κ1) is 24.0. The third-order valence-corrected chi connectivity index (χ3v) is 5.86. The fourth-order valence-corrected chi connectivity index (χ4v) is 3.73. The van der Waals surface area contributed by atoms with E-state index in [9.17, 15) is 10.1 Å². The minimum absolute atomic E-state index is 0.0213. The van der Waals surface area contributed by atoms with E-state index in [4.69, 9.17) is 9.47 Å². The quantitative estimate of drug-likeness (QED) is 0.264. The van der Waals surface area contributed by atoms with E-state index >= 15 is 0 Å². The maximum Gasteiger partial charge on any atom is 0.268 e. The van der Waals surface area contributed by atoms with Crippen LogP contribution in [0.1, 0.15) is 41.5 Å². The fraction of sp³-hybridized carbons (Fsp3) is 0.280. The number of anilines is 1. The molecule has 1 heterocycles. The lowest BCUT2D eigenvalue weighted by Crippen LogP contribution is -2.13. The van der Waals surface area contributed by atoms with Crippen molar-refractivity contribution < 1.29 is 14.3 Å². The Bertz CT molecular complexity index is 1160. The number of hydrogen-bond donors (Lipinski definition) is 1. The van der Waals surface area contributed by atoms with Crippen molar-refractivity contribution in [3.05, 3.63) is 69.7 Å². The van der Waals surface area contributed by atoms with Crippen molar-refractivity contribution in [2.24, 2.45) is 0 Å². The number of hydrogen-bond acceptors (Lipinski definition) is 7. The predicted octanol–water partition coefficient (Wildman–Crippen LogP) is 5.28. The van der Waals surface area contributed by atoms with E-state index < -0.39 is 5.91 Å². The highest BCUT2D eigenvalue weighted by molar-refractivity contribution is 7.15. The molecule has 0 bridgehead atoms. The number of aromatic nitrogens is 2. The number of nitrogens with zero attached hydrogens (tertiary/aromatic N) is 3. The molecule has 170 valence electrons. The second kappa shape index (κ2) is 11.2. The molecule has 0 saturated heterocycles. The van der Waals surface area contributed by atoms with E-state index in [1.165, 1.54) is 17.4 Å². The van der Waals surface area contributed by atoms with Crippen LogP contribution in [-0.4, -0.2) is 29.3 Å². The summed E-state index contributed by atoms with van der Waals surface area (Å²) < 4.78 is 11.6. The van der Waals surface area contributed by atoms with Crippen molar-refractivity contribution in [2.45, 2.75) is 33.6 Å². The molecule has 0 aliphatic rings. The fourth-order valence-electron chi connectivity index (χ4n) is 2.99. The number of nitriles is 1. The van der Waals surface area contributed by atoms with Crippen molar-refractivity contribution in [1.82, 2.24) is 10.2 Å². The molecule has 2 aromatic carbocycles. The average Bonchev–Trinajstić information content (AvgIpc) is 3.26. The SMILES string of the molecule is Cc1cccc(C)c1OCCOc1ccc(/C=C(/C#N)C(=O)Nc2nnc(C(C)C)s2)cc1. The summed E-state index contributed by atoms with van der Waals surface area (Å²) in [5, 5.41) is 21.2. The lowest BCUT2D eigenvalue weighted by atomic mass is 10.1. The minimum Gasteiger partial charge on any atom is -0.490 e. The third kappa shape index (κ3) is 6.64. The highest BCUT2D eigenvalue weighted by Crippen LogP contribution is 2.24. The summed E-state index contributed by atoms with van der Waals surface area (Å²) in [4.78, 5) is 12.4. The van der Waals surface area contributed by atoms with Crippen LogP contribution in [0.4, 0.5) is 5.13 Å². The van der Waals surface area contributed by atoms with Crippen molar-refractivity contribution in [3.8, 4) is 17.6 Å². The predicted molar refractivity (Wildman–Crippen MR) is 130 cm³/mol. The first-order valence-electron chi connectivity index (χ1n) is 10.6. The van der Waals surface area contributed by atoms with Crippen LogP contribution in [0.3, 0.4) is 0 Å². The zero-order valence-electron chi connectivity index (χ0n) is 19.1. The molecular formula is C25H26N4O3S. The third-order valence-electron chi connectivity index (χ3n) is 4.72. The van der Waals surface area contributed by atoms with Gasteiger partial charge in [-0.25, -0.2) is 0 Å². The summed E-state index contributed by atoms with van der Waals surface area (Å²) in [5.41, 5.74) is 2.87. The number of amides is 1. The van der Waals surface area contributed by atoms with Crippen molar-refractivity contribution in [1.29, 1.82) is 5.26 Å². The number of rotatable bonds is 9. The Morgan fingerprint density at radius 3 is 2.36 bits per heavy atom. The second-order valence-corrected chi connectivity index (χ2v) is 8.72. The summed E-state index contributed by atoms with van der Waals surface area (Å²) in [6.07, 6.45) is 1.52. The molecule has 3 aromatic rings. The second-order valence-electron chi connectivity index (χ2n) is 7.71. The summed E-state index contributed by atoms with van der Waals surface area (Å²) in [6, 6.07) is 15.1. The van der Waals surface area contributed by atoms with Gasteiger partial charge in [-0.15, -0.1) is 10.2 Å². The van der Waals surface area contributed by atoms with Gasteiger partial charge in [-0.2, -0.15) is 5.26 Å². The molecule has 1 aromatic heterocycles. The number of carbonyl (C=O) groups excluding carboxylic acids is 1. The molecule has 0 unspecified atom stereocenters. The van der Waals surface area contributed by atoms with Gasteiger partial charge < -0.3 is 9.47 Å². The van der Waals surface area contributed by atoms with Gasteiger partial charge in [-0.3, -0.25) is 10.1 Å². The molecule has 0 aliphatic heterocycles. The number of benzene rings is 2. The van der Waals surface area contributed by atoms with Gasteiger partial charge in [0.15, 0.2) is 0 Å². The first-order chi connectivity index (χ1) is 15.9. The van der Waals surface area contributed by atoms with Gasteiger partial charge in [0.05, 0.1) is 0 Å². The largest absolute Gasteiger partial charge is 0.490 e. The molecule has 0 radical (unpaired) electrons. The molecule has 33 heavy (non-hydrogen) atoms. The highest BCUT2D eigenvalue weighted by Gasteiger charge is 2.14. The zero-order valence-corrected chi connectivity index (χ0v) is 19.9. The Morgan fingerprint density at radius 1 is 1.09 bits per heavy atom. The topological polar surface area (TPSA) is 97.1 Å². The van der Waals surface area contributed by atoms with Crippen molar-refractivity contribution in [3.63, 3.8) is 0 Å². The van der Waals surface area contributed by atoms with E-state index in [-0.39, 0.29) is 11.5 Å². The van der Waals surface area contributed by atoms with E-state index in [2.05, 4.69) is 15.5 Å². The van der Waals surface area contributed by atoms with E-state index in [0.29, 0.717) is 29.7 Å². The van der Waals surface area contributed by atoms with E-state index in [1.807, 2.05) is 52.0 Å². The van der Waals surface area contributed by atoms with Crippen LogP contribution in [0.2, 0.25) is 0 Å². The standard InChI is InChI=1S/C25H26N4O3S/c1-16(2)24-28-29-25(33-24)27-23(30)20(15-26)14-19-8-10-21(11-9-19)31-12-13-32-22-17(3)6-5-7-18(22)4/h5-11,14,16H,12-13H2,1-4H3,(H,27,29,30)/b20-14-. The molecule has 0 saturated carbocycles. The molecule has 1 N–H and O–H groups in total. The first-order valence-corrected chi connectivity index (χ1v) is 11.4. The molecular weight excluding hydrogens is 436 g/mol. The molecule has 0 aliphatic carbocycles. The van der Waals surface area contributed by atoms with Crippen LogP contribution in [0.25, 0.3) is 6.08 Å². The van der Waals surface area contributed by atoms with Gasteiger partial charge in [-0.1, -0.05) is 55.5 Å². The lowest BCUT2D eigenvalue weighted by molar-refractivity contribution is -0.112. The van der Waals surface area contributed by atoms with Gasteiger partial charge in [-0.05, 0) is 48.7 Å². The Labute approximate surface area is 197 Å². The summed E-state index contributed by atoms with van der Waals surface area (Å²) in [5.74, 6) is 1.26. The molecule has 0 fully saturated rings. The summed E-state index contributed by atoms with van der Waals surface area (Å²) in [7, 11) is 0. The zero-order chi connectivity index (χ0) is 23.8. The normalized spacial score (nSPS) is 11.2. The van der Waals surface area contributed by atoms with Crippen LogP contribution in [-0.2, 0) is 4.79 Å². The Hall–Kier alpha value is -3.70. The minimum atomic E-state index is -0.520. The van der Waals surface area contributed by atoms with Crippen LogP contribution in [0.5, 0.6) is 11.5 Å². The summed E-state index contributed by atoms with van der Waals surface area (Å²) >= 11 is 1.30. The molecule has 3 rings (SSSR count). The Morgan fingerprint density at radius 2 is 1.76 bits per heavy atom. The molecule has 8 heteroatoms. The van der Waals surface area contributed by atoms with Crippen LogP contribution in [0, 0.1) is 25.2 Å². The highest BCUT2D eigenvalue weighted by atomic mass is 32.1. The molecule has 0 spiro atoms. The van der Waals surface area contributed by atoms with Gasteiger partial charge in [0, 0.05) is 5.92 Å². The Kier molecular flexibility index (Phi) is 8.17. The number of nitrogens with one attached hydrogen (secondary N) is 1. The monoisotopic (exact) mass is 462 g/mol. The van der Waals surface area contributed by atoms with E-state index in [1.54, 1.807) is 24.3 Å². The van der Waals surface area contributed by atoms with Crippen molar-refractivity contribution >= 4 is 28.5 Å². The number of para-hydroxylation sites is 1. The van der Waals surface area contributed by atoms with Gasteiger partial charge in [0.25, 0.3) is 5.91 Å².